The summed E-state index contributed by atoms with van der Waals surface area (Å²) in [5.74, 6) is 1.49. The number of hydrogen-bond acceptors (Lipinski definition) is 6. The molecule has 2 saturated heterocycles. The number of nitrogens with zero attached hydrogens (tertiary/aromatic N) is 1. The first-order chi connectivity index (χ1) is 20.3. The minimum absolute atomic E-state index is 0.0128. The summed E-state index contributed by atoms with van der Waals surface area (Å²) in [6.07, 6.45) is 5.38. The number of fused-ring (bicyclic) bond motifs is 2. The molecule has 0 radical (unpaired) electrons. The lowest BCUT2D eigenvalue weighted by atomic mass is 9.41. The molecule has 0 N–H and O–H groups in total. The Kier molecular flexibility index (Phi) is 5.51. The van der Waals surface area contributed by atoms with Crippen molar-refractivity contribution in [1.82, 2.24) is 4.90 Å². The van der Waals surface area contributed by atoms with Crippen molar-refractivity contribution < 1.29 is 22.7 Å². The van der Waals surface area contributed by atoms with E-state index in [0.717, 1.165) is 29.1 Å². The van der Waals surface area contributed by atoms with E-state index in [0.29, 0.717) is 0 Å². The molecule has 1 saturated carbocycles. The molecule has 8 atom stereocenters. The van der Waals surface area contributed by atoms with Crippen LogP contribution in [0.15, 0.2) is 102 Å². The highest BCUT2D eigenvalue weighted by Crippen LogP contribution is 2.75. The van der Waals surface area contributed by atoms with E-state index in [9.17, 15) is 13.2 Å². The average molecular weight is 580 g/mol. The van der Waals surface area contributed by atoms with E-state index in [-0.39, 0.29) is 46.4 Å². The van der Waals surface area contributed by atoms with Gasteiger partial charge in [-0.25, -0.2) is 8.42 Å². The van der Waals surface area contributed by atoms with Crippen LogP contribution in [-0.4, -0.2) is 51.7 Å². The van der Waals surface area contributed by atoms with Crippen LogP contribution >= 0.6 is 0 Å². The van der Waals surface area contributed by atoms with Gasteiger partial charge in [-0.15, -0.1) is 0 Å². The molecule has 3 aromatic carbocycles. The molecular formula is C35H33NO5S. The molecule has 5 aliphatic rings. The van der Waals surface area contributed by atoms with Gasteiger partial charge in [0.1, 0.15) is 5.76 Å². The van der Waals surface area contributed by atoms with Crippen LogP contribution in [0.4, 0.5) is 0 Å². The summed E-state index contributed by atoms with van der Waals surface area (Å²) < 4.78 is 37.8. The quantitative estimate of drug-likeness (QED) is 0.407. The van der Waals surface area contributed by atoms with Crippen molar-refractivity contribution in [3.8, 4) is 0 Å². The number of carbonyl (C=O) groups is 1. The second-order valence-electron chi connectivity index (χ2n) is 12.5. The zero-order valence-electron chi connectivity index (χ0n) is 23.8. The Morgan fingerprint density at radius 1 is 0.929 bits per heavy atom. The minimum Gasteiger partial charge on any atom is -0.493 e. The number of hydrogen-bond donors (Lipinski definition) is 0. The van der Waals surface area contributed by atoms with Gasteiger partial charge in [0.05, 0.1) is 12.0 Å². The fourth-order valence-electron chi connectivity index (χ4n) is 9.41. The lowest BCUT2D eigenvalue weighted by Crippen LogP contribution is -2.68. The molecule has 1 spiro atoms. The number of sulfone groups is 1. The Balaban J connectivity index is 1.45. The lowest BCUT2D eigenvalue weighted by Gasteiger charge is -2.66. The molecule has 214 valence electrons. The first kappa shape index (κ1) is 26.0. The van der Waals surface area contributed by atoms with Gasteiger partial charge < -0.3 is 9.47 Å². The third-order valence-electron chi connectivity index (χ3n) is 10.8. The van der Waals surface area contributed by atoms with Gasteiger partial charge in [-0.1, -0.05) is 72.8 Å². The monoisotopic (exact) mass is 579 g/mol. The fourth-order valence-corrected chi connectivity index (χ4v) is 10.0. The van der Waals surface area contributed by atoms with Crippen molar-refractivity contribution in [2.45, 2.75) is 41.3 Å². The Bertz CT molecular complexity index is 1780. The predicted molar refractivity (Wildman–Crippen MR) is 159 cm³/mol. The smallest absolute Gasteiger partial charge is 0.196 e. The molecule has 0 amide bonds. The number of ether oxygens (including phenoxy) is 2. The van der Waals surface area contributed by atoms with Gasteiger partial charge in [-0.05, 0) is 54.3 Å². The Morgan fingerprint density at radius 3 is 2.36 bits per heavy atom. The maximum absolute atomic E-state index is 14.0. The van der Waals surface area contributed by atoms with Crippen LogP contribution in [0.2, 0.25) is 0 Å². The Hall–Kier alpha value is -3.68. The lowest BCUT2D eigenvalue weighted by molar-refractivity contribution is -0.154. The molecule has 42 heavy (non-hydrogen) atoms. The van der Waals surface area contributed by atoms with E-state index >= 15 is 0 Å². The summed E-state index contributed by atoms with van der Waals surface area (Å²) in [5.41, 5.74) is 3.89. The largest absolute Gasteiger partial charge is 0.493 e. The summed E-state index contributed by atoms with van der Waals surface area (Å²) in [4.78, 5) is 16.8. The third-order valence-corrected chi connectivity index (χ3v) is 11.9. The van der Waals surface area contributed by atoms with Gasteiger partial charge in [0, 0.05) is 47.1 Å². The van der Waals surface area contributed by atoms with Crippen molar-refractivity contribution in [2.24, 2.45) is 17.3 Å². The highest BCUT2D eigenvalue weighted by atomic mass is 32.2. The van der Waals surface area contributed by atoms with Gasteiger partial charge in [0.2, 0.25) is 0 Å². The van der Waals surface area contributed by atoms with E-state index in [4.69, 9.17) is 9.47 Å². The molecule has 7 heteroatoms. The number of methoxy groups -OCH3 is 1. The van der Waals surface area contributed by atoms with Crippen molar-refractivity contribution in [3.05, 3.63) is 119 Å². The van der Waals surface area contributed by atoms with Crippen molar-refractivity contribution in [2.75, 3.05) is 20.4 Å². The van der Waals surface area contributed by atoms with Crippen LogP contribution < -0.4 is 0 Å². The maximum Gasteiger partial charge on any atom is 0.196 e. The highest BCUT2D eigenvalue weighted by molar-refractivity contribution is 7.90. The number of benzene rings is 3. The van der Waals surface area contributed by atoms with Gasteiger partial charge in [-0.3, -0.25) is 9.69 Å². The number of rotatable bonds is 4. The summed E-state index contributed by atoms with van der Waals surface area (Å²) in [6, 6.07) is 26.4. The Labute approximate surface area is 246 Å². The van der Waals surface area contributed by atoms with E-state index in [1.54, 1.807) is 25.3 Å². The molecule has 8 rings (SSSR count). The minimum atomic E-state index is -3.37. The van der Waals surface area contributed by atoms with E-state index in [1.807, 2.05) is 24.3 Å². The molecule has 2 aliphatic heterocycles. The molecular weight excluding hydrogens is 546 g/mol. The number of likely N-dealkylation sites (tertiary alicyclic amines) is 1. The zero-order chi connectivity index (χ0) is 29.0. The van der Waals surface area contributed by atoms with Crippen LogP contribution in [-0.2, 0) is 24.1 Å². The summed E-state index contributed by atoms with van der Waals surface area (Å²) >= 11 is 0. The topological polar surface area (TPSA) is 72.9 Å². The summed E-state index contributed by atoms with van der Waals surface area (Å²) in [7, 11) is 0.538. The molecule has 2 bridgehead atoms. The maximum atomic E-state index is 14.0. The van der Waals surface area contributed by atoms with Crippen LogP contribution in [0.25, 0.3) is 5.76 Å². The fraction of sp³-hybridized carbons (Fsp3) is 0.343. The normalized spacial score (nSPS) is 34.5. The standard InChI is InChI=1S/C35H33NO5S/c1-36-27-19-25-23-11-7-8-12-24(23)32(40-2)33-30(25)35(26(27)17-18-28(37)34(35)41-33)29(31(36)21-9-5-4-6-10-21)20-13-15-22(16-14-20)42(3,38)39/h4-18,25-27,29-31,34H,19H2,1-3H3/t25?,26-,27+,29-,30?,31?,34-,35+/m0/s1. The Morgan fingerprint density at radius 2 is 1.64 bits per heavy atom. The molecule has 6 nitrogen and oxygen atoms in total. The van der Waals surface area contributed by atoms with Crippen LogP contribution in [0.3, 0.4) is 0 Å². The molecule has 2 heterocycles. The average Bonchev–Trinajstić information content (AvgIpc) is 3.35. The highest BCUT2D eigenvalue weighted by Gasteiger charge is 2.75. The molecule has 3 unspecified atom stereocenters. The van der Waals surface area contributed by atoms with Crippen LogP contribution in [0.1, 0.15) is 46.6 Å². The van der Waals surface area contributed by atoms with E-state index in [1.165, 1.54) is 17.4 Å². The number of likely N-dealkylation sites (N-methyl/N-ethyl adjacent to an activating group) is 1. The molecule has 0 aromatic heterocycles. The van der Waals surface area contributed by atoms with Gasteiger partial charge >= 0.3 is 0 Å². The number of carbonyl (C=O) groups excluding carboxylic acids is 1. The molecule has 3 aromatic rings. The van der Waals surface area contributed by atoms with Gasteiger partial charge in [0.15, 0.2) is 27.5 Å². The first-order valence-corrected chi connectivity index (χ1v) is 16.5. The van der Waals surface area contributed by atoms with Crippen molar-refractivity contribution in [1.29, 1.82) is 0 Å². The predicted octanol–water partition coefficient (Wildman–Crippen LogP) is 5.50. The van der Waals surface area contributed by atoms with E-state index < -0.39 is 21.4 Å². The second kappa shape index (κ2) is 8.91. The van der Waals surface area contributed by atoms with Crippen molar-refractivity contribution in [3.63, 3.8) is 0 Å². The second-order valence-corrected chi connectivity index (χ2v) is 14.5. The number of piperidine rings is 1. The van der Waals surface area contributed by atoms with Gasteiger partial charge in [-0.2, -0.15) is 0 Å². The van der Waals surface area contributed by atoms with Crippen molar-refractivity contribution >= 4 is 21.4 Å². The number of ketones is 1. The summed E-state index contributed by atoms with van der Waals surface area (Å²) in [5, 5.41) is 0. The van der Waals surface area contributed by atoms with Gasteiger partial charge in [0.25, 0.3) is 0 Å². The SMILES string of the molecule is COC1=C2O[C@H]3C(=O)C=C[C@H]4[C@H]5CC(c6ccccc61)C2[C@@]34[C@@H](c1ccc(S(C)(=O)=O)cc1)C(c1ccccc1)N5C. The molecule has 3 fully saturated rings. The summed E-state index contributed by atoms with van der Waals surface area (Å²) in [6.45, 7) is 0. The van der Waals surface area contributed by atoms with E-state index in [2.05, 4.69) is 60.5 Å². The number of allylic oxidation sites excluding steroid dienone is 1. The zero-order valence-corrected chi connectivity index (χ0v) is 24.6. The first-order valence-electron chi connectivity index (χ1n) is 14.6. The van der Waals surface area contributed by atoms with Crippen LogP contribution in [0.5, 0.6) is 0 Å². The van der Waals surface area contributed by atoms with Crippen LogP contribution in [0, 0.1) is 17.3 Å². The third kappa shape index (κ3) is 3.24. The molecule has 3 aliphatic carbocycles.